The average molecular weight is 695 g/mol. The highest BCUT2D eigenvalue weighted by Crippen LogP contribution is 2.65. The summed E-state index contributed by atoms with van der Waals surface area (Å²) in [5, 5.41) is 11.1. The van der Waals surface area contributed by atoms with E-state index in [0.29, 0.717) is 32.2 Å². The van der Waals surface area contributed by atoms with Crippen LogP contribution in [0.1, 0.15) is 92.4 Å². The van der Waals surface area contributed by atoms with Crippen LogP contribution in [-0.4, -0.2) is 104 Å². The number of Topliss-reactive ketones (excluding diaryl/α,β-unsaturated/α-hetero) is 1. The van der Waals surface area contributed by atoms with Crippen LogP contribution < -0.4 is 21.3 Å². The number of rotatable bonds is 9. The van der Waals surface area contributed by atoms with Crippen LogP contribution >= 0.6 is 0 Å². The number of fused-ring (bicyclic) bond motifs is 3. The van der Waals surface area contributed by atoms with Gasteiger partial charge in [0, 0.05) is 32.7 Å². The molecular weight excluding hydrogens is 636 g/mol. The molecule has 1 saturated carbocycles. The van der Waals surface area contributed by atoms with Gasteiger partial charge in [0.1, 0.15) is 12.1 Å². The second-order valence-corrected chi connectivity index (χ2v) is 17.6. The molecule has 3 aliphatic rings. The van der Waals surface area contributed by atoms with Gasteiger partial charge in [-0.25, -0.2) is 17.5 Å². The Morgan fingerprint density at radius 2 is 1.65 bits per heavy atom. The Morgan fingerprint density at radius 1 is 1.06 bits per heavy atom. The highest BCUT2D eigenvalue weighted by molar-refractivity contribution is 7.88. The van der Waals surface area contributed by atoms with Crippen molar-refractivity contribution in [3.63, 3.8) is 0 Å². The van der Waals surface area contributed by atoms with E-state index in [-0.39, 0.29) is 36.2 Å². The molecule has 0 bridgehead atoms. The summed E-state index contributed by atoms with van der Waals surface area (Å²) in [5.74, 6) is -2.39. The van der Waals surface area contributed by atoms with E-state index in [9.17, 15) is 32.4 Å². The van der Waals surface area contributed by atoms with Gasteiger partial charge in [-0.3, -0.25) is 19.2 Å². The lowest BCUT2D eigenvalue weighted by atomic mass is 9.86. The quantitative estimate of drug-likeness (QED) is 0.212. The molecule has 2 saturated heterocycles. The zero-order chi connectivity index (χ0) is 36.0. The van der Waals surface area contributed by atoms with Crippen LogP contribution in [0.15, 0.2) is 12.7 Å². The summed E-state index contributed by atoms with van der Waals surface area (Å²) >= 11 is 0. The third-order valence-electron chi connectivity index (χ3n) is 10.5. The lowest BCUT2D eigenvalue weighted by molar-refractivity contribution is -0.144. The normalized spacial score (nSPS) is 27.6. The van der Waals surface area contributed by atoms with Crippen molar-refractivity contribution in [1.82, 2.24) is 30.5 Å². The number of carbonyl (C=O) groups is 5. The molecule has 0 radical (unpaired) electrons. The van der Waals surface area contributed by atoms with Gasteiger partial charge in [-0.1, -0.05) is 85.6 Å². The van der Waals surface area contributed by atoms with Crippen LogP contribution in [0.5, 0.6) is 0 Å². The maximum absolute atomic E-state index is 14.3. The molecule has 6 atom stereocenters. The molecule has 4 N–H and O–H groups in total. The molecular formula is C34H58N6O7S. The number of nitrogens with one attached hydrogen (secondary N) is 4. The number of amides is 5. The van der Waals surface area contributed by atoms with E-state index in [1.807, 2.05) is 20.8 Å². The third-order valence-corrected chi connectivity index (χ3v) is 11.8. The van der Waals surface area contributed by atoms with E-state index in [1.54, 1.807) is 4.90 Å². The summed E-state index contributed by atoms with van der Waals surface area (Å²) in [5.41, 5.74) is -0.686. The topological polar surface area (TPSA) is 174 Å². The molecule has 0 spiro atoms. The fourth-order valence-electron chi connectivity index (χ4n) is 7.07. The van der Waals surface area contributed by atoms with E-state index in [1.165, 1.54) is 17.4 Å². The molecule has 272 valence electrons. The van der Waals surface area contributed by atoms with Crippen molar-refractivity contribution in [3.05, 3.63) is 12.7 Å². The Balaban J connectivity index is 1.87. The largest absolute Gasteiger partial charge is 0.346 e. The number of likely N-dealkylation sites (N-methyl/N-ethyl adjacent to an activating group) is 1. The second kappa shape index (κ2) is 16.1. The predicted molar refractivity (Wildman–Crippen MR) is 184 cm³/mol. The van der Waals surface area contributed by atoms with Crippen molar-refractivity contribution in [2.24, 2.45) is 22.7 Å². The monoisotopic (exact) mass is 694 g/mol. The summed E-state index contributed by atoms with van der Waals surface area (Å²) in [4.78, 5) is 69.1. The summed E-state index contributed by atoms with van der Waals surface area (Å²) in [7, 11) is -2.04. The molecule has 0 unspecified atom stereocenters. The van der Waals surface area contributed by atoms with Crippen LogP contribution in [-0.2, 0) is 29.2 Å². The fraction of sp³-hybridized carbons (Fsp3) is 0.794. The minimum absolute atomic E-state index is 0.0483. The Morgan fingerprint density at radius 3 is 2.21 bits per heavy atom. The van der Waals surface area contributed by atoms with Gasteiger partial charge in [0.15, 0.2) is 0 Å². The lowest BCUT2D eigenvalue weighted by Crippen LogP contribution is -2.60. The molecule has 0 aromatic heterocycles. The van der Waals surface area contributed by atoms with E-state index in [2.05, 4.69) is 41.7 Å². The molecule has 48 heavy (non-hydrogen) atoms. The van der Waals surface area contributed by atoms with Crippen LogP contribution in [0.4, 0.5) is 4.79 Å². The van der Waals surface area contributed by atoms with Gasteiger partial charge >= 0.3 is 6.03 Å². The Labute approximate surface area is 286 Å². The van der Waals surface area contributed by atoms with Crippen LogP contribution in [0.3, 0.4) is 0 Å². The Bertz CT molecular complexity index is 1330. The van der Waals surface area contributed by atoms with Gasteiger partial charge in [0.25, 0.3) is 5.91 Å². The number of sulfonamides is 1. The van der Waals surface area contributed by atoms with Gasteiger partial charge in [-0.15, -0.1) is 6.58 Å². The van der Waals surface area contributed by atoms with Gasteiger partial charge < -0.3 is 26.2 Å². The highest BCUT2D eigenvalue weighted by Gasteiger charge is 2.69. The zero-order valence-corrected chi connectivity index (χ0v) is 30.7. The van der Waals surface area contributed by atoms with E-state index < -0.39 is 63.2 Å². The third kappa shape index (κ3) is 10.0. The average Bonchev–Trinajstić information content (AvgIpc) is 3.30. The molecule has 1 aliphatic carbocycles. The molecule has 14 heteroatoms. The highest BCUT2D eigenvalue weighted by atomic mass is 32.2. The molecule has 5 amide bonds. The van der Waals surface area contributed by atoms with Crippen molar-refractivity contribution < 1.29 is 32.4 Å². The number of piperidine rings is 1. The second-order valence-electron chi connectivity index (χ2n) is 15.5. The maximum Gasteiger partial charge on any atom is 0.315 e. The van der Waals surface area contributed by atoms with E-state index in [4.69, 9.17) is 0 Å². The van der Waals surface area contributed by atoms with Gasteiger partial charge in [0.2, 0.25) is 27.6 Å². The number of urea groups is 1. The Hall–Kier alpha value is -3.00. The first kappa shape index (κ1) is 39.4. The summed E-state index contributed by atoms with van der Waals surface area (Å²) in [6.07, 6.45) is 9.22. The first-order valence-corrected chi connectivity index (χ1v) is 19.2. The summed E-state index contributed by atoms with van der Waals surface area (Å²) in [6, 6.07) is -3.94. The van der Waals surface area contributed by atoms with Gasteiger partial charge in [-0.2, -0.15) is 0 Å². The number of ketones is 1. The number of nitrogens with zero attached hydrogens (tertiary/aromatic N) is 2. The number of carbonyl (C=O) groups excluding carboxylic acids is 5. The minimum atomic E-state index is -3.49. The fourth-order valence-corrected chi connectivity index (χ4v) is 7.49. The molecule has 0 aromatic rings. The summed E-state index contributed by atoms with van der Waals surface area (Å²) in [6.45, 7) is 13.9. The molecule has 13 nitrogen and oxygen atoms in total. The molecule has 2 aliphatic heterocycles. The van der Waals surface area contributed by atoms with E-state index in [0.717, 1.165) is 38.4 Å². The van der Waals surface area contributed by atoms with Crippen molar-refractivity contribution in [2.45, 2.75) is 117 Å². The SMILES string of the molecule is C=CCNC(=O)C(=O)[C@@H]1CCCCCCCCC[C@H](NC(=O)N[C@H](CN(C)S(C)(=O)=O)C(C)(C)C)C(=O)N2C[C@H]3[C@@H]([C@H]2C(=O)N1)C3(C)C. The van der Waals surface area contributed by atoms with Crippen LogP contribution in [0.2, 0.25) is 0 Å². The standard InChI is InChI=1S/C34H58N6O7S/c1-9-19-35-30(43)28(41)23-17-15-13-11-10-12-14-16-18-24(31(44)40-20-22-26(34(22,5)6)27(40)29(42)36-23)37-32(45)38-25(33(2,3)4)21-39(7)48(8,46)47/h9,22-27H,1,10-21H2,2-8H3,(H,35,43)(H,36,42)(H2,37,38,45)/t22-,23-,24-,25+,26-,27-/m0/s1. The molecule has 0 aromatic carbocycles. The van der Waals surface area contributed by atoms with Gasteiger partial charge in [0.05, 0.1) is 12.3 Å². The minimum Gasteiger partial charge on any atom is -0.346 e. The van der Waals surface area contributed by atoms with Gasteiger partial charge in [-0.05, 0) is 35.5 Å². The zero-order valence-electron chi connectivity index (χ0n) is 29.9. The molecule has 3 fully saturated rings. The first-order valence-electron chi connectivity index (χ1n) is 17.3. The first-order chi connectivity index (χ1) is 22.3. The van der Waals surface area contributed by atoms with Crippen molar-refractivity contribution in [3.8, 4) is 0 Å². The van der Waals surface area contributed by atoms with E-state index >= 15 is 0 Å². The molecule has 2 heterocycles. The predicted octanol–water partition coefficient (Wildman–Crippen LogP) is 2.32. The number of hydrogen-bond acceptors (Lipinski definition) is 7. The smallest absolute Gasteiger partial charge is 0.315 e. The maximum atomic E-state index is 14.3. The van der Waals surface area contributed by atoms with Crippen LogP contribution in [0, 0.1) is 22.7 Å². The van der Waals surface area contributed by atoms with Crippen LogP contribution in [0.25, 0.3) is 0 Å². The van der Waals surface area contributed by atoms with Crippen molar-refractivity contribution in [2.75, 3.05) is 32.9 Å². The molecule has 3 rings (SSSR count). The Kier molecular flexibility index (Phi) is 13.3. The van der Waals surface area contributed by atoms with Crippen molar-refractivity contribution in [1.29, 1.82) is 0 Å². The van der Waals surface area contributed by atoms with Crippen molar-refractivity contribution >= 4 is 39.6 Å². The lowest BCUT2D eigenvalue weighted by Gasteiger charge is -2.36. The number of hydrogen-bond donors (Lipinski definition) is 4. The summed E-state index contributed by atoms with van der Waals surface area (Å²) < 4.78 is 25.4.